The Labute approximate surface area is 193 Å². The molecule has 4 aromatic rings. The van der Waals surface area contributed by atoms with Gasteiger partial charge in [-0.1, -0.05) is 48.5 Å². The molecular weight excluding hydrogens is 412 g/mol. The average molecular weight is 441 g/mol. The number of fused-ring (bicyclic) bond motifs is 2. The second-order valence-electron chi connectivity index (χ2n) is 8.71. The lowest BCUT2D eigenvalue weighted by Crippen LogP contribution is -2.45. The molecule has 1 aromatic heterocycles. The van der Waals surface area contributed by atoms with E-state index in [0.29, 0.717) is 25.2 Å². The number of amides is 2. The molecule has 2 heterocycles. The van der Waals surface area contributed by atoms with Gasteiger partial charge in [0.25, 0.3) is 5.91 Å². The molecule has 0 unspecified atom stereocenters. The molecular formula is C27H28N4O2. The van der Waals surface area contributed by atoms with E-state index >= 15 is 0 Å². The average Bonchev–Trinajstić information content (AvgIpc) is 3.29. The number of para-hydroxylation sites is 2. The SMILES string of the molecule is O=C(NCCCc1nc2ccccc2[nH]1)[C@@H]1CCCN(C(=O)c2cccc3ccccc23)C1. The fourth-order valence-electron chi connectivity index (χ4n) is 4.69. The van der Waals surface area contributed by atoms with Crippen molar-refractivity contribution >= 4 is 33.6 Å². The van der Waals surface area contributed by atoms with Gasteiger partial charge in [0.2, 0.25) is 5.91 Å². The lowest BCUT2D eigenvalue weighted by atomic mass is 9.95. The summed E-state index contributed by atoms with van der Waals surface area (Å²) in [4.78, 5) is 35.8. The van der Waals surface area contributed by atoms with E-state index in [-0.39, 0.29) is 17.7 Å². The second-order valence-corrected chi connectivity index (χ2v) is 8.71. The zero-order chi connectivity index (χ0) is 22.6. The number of aromatic amines is 1. The van der Waals surface area contributed by atoms with Crippen LogP contribution in [-0.2, 0) is 11.2 Å². The molecule has 6 heteroatoms. The van der Waals surface area contributed by atoms with E-state index in [2.05, 4.69) is 15.3 Å². The number of H-pyrrole nitrogens is 1. The molecule has 0 aliphatic carbocycles. The highest BCUT2D eigenvalue weighted by Gasteiger charge is 2.29. The molecule has 1 aliphatic heterocycles. The number of imidazole rings is 1. The van der Waals surface area contributed by atoms with Gasteiger partial charge in [-0.25, -0.2) is 4.98 Å². The molecule has 1 aliphatic rings. The van der Waals surface area contributed by atoms with Gasteiger partial charge in [0.05, 0.1) is 17.0 Å². The highest BCUT2D eigenvalue weighted by atomic mass is 16.2. The maximum atomic E-state index is 13.3. The van der Waals surface area contributed by atoms with Crippen LogP contribution in [0.4, 0.5) is 0 Å². The zero-order valence-corrected chi connectivity index (χ0v) is 18.6. The van der Waals surface area contributed by atoms with Gasteiger partial charge >= 0.3 is 0 Å². The van der Waals surface area contributed by atoms with Crippen LogP contribution < -0.4 is 5.32 Å². The summed E-state index contributed by atoms with van der Waals surface area (Å²) in [5.41, 5.74) is 2.71. The summed E-state index contributed by atoms with van der Waals surface area (Å²) >= 11 is 0. The van der Waals surface area contributed by atoms with Gasteiger partial charge < -0.3 is 15.2 Å². The summed E-state index contributed by atoms with van der Waals surface area (Å²) in [5.74, 6) is 0.822. The molecule has 5 rings (SSSR count). The van der Waals surface area contributed by atoms with E-state index in [4.69, 9.17) is 0 Å². The van der Waals surface area contributed by atoms with Crippen molar-refractivity contribution in [2.75, 3.05) is 19.6 Å². The van der Waals surface area contributed by atoms with E-state index in [9.17, 15) is 9.59 Å². The van der Waals surface area contributed by atoms with Crippen LogP contribution in [0.5, 0.6) is 0 Å². The first-order valence-corrected chi connectivity index (χ1v) is 11.7. The first-order chi connectivity index (χ1) is 16.2. The van der Waals surface area contributed by atoms with Crippen LogP contribution in [0.25, 0.3) is 21.8 Å². The minimum absolute atomic E-state index is 0.00851. The summed E-state index contributed by atoms with van der Waals surface area (Å²) in [5, 5.41) is 5.08. The third kappa shape index (κ3) is 4.60. The van der Waals surface area contributed by atoms with Crippen molar-refractivity contribution < 1.29 is 9.59 Å². The number of hydrogen-bond acceptors (Lipinski definition) is 3. The fourth-order valence-corrected chi connectivity index (χ4v) is 4.69. The Balaban J connectivity index is 1.15. The molecule has 1 atom stereocenters. The Morgan fingerprint density at radius 2 is 1.85 bits per heavy atom. The number of benzene rings is 3. The van der Waals surface area contributed by atoms with E-state index in [0.717, 1.165) is 53.3 Å². The predicted molar refractivity (Wildman–Crippen MR) is 130 cm³/mol. The number of carbonyl (C=O) groups excluding carboxylic acids is 2. The molecule has 1 saturated heterocycles. The number of likely N-dealkylation sites (tertiary alicyclic amines) is 1. The van der Waals surface area contributed by atoms with Gasteiger partial charge in [0, 0.05) is 31.6 Å². The molecule has 0 spiro atoms. The van der Waals surface area contributed by atoms with Crippen LogP contribution >= 0.6 is 0 Å². The van der Waals surface area contributed by atoms with Crippen LogP contribution in [0, 0.1) is 5.92 Å². The van der Waals surface area contributed by atoms with E-state index in [1.54, 1.807) is 0 Å². The standard InChI is InChI=1S/C27H28N4O2/c32-26(28-16-6-15-25-29-23-13-3-4-14-24(23)30-25)20-10-7-17-31(18-20)27(33)22-12-5-9-19-8-1-2-11-21(19)22/h1-5,8-9,11-14,20H,6-7,10,15-18H2,(H,28,32)(H,29,30)/t20-/m1/s1. The van der Waals surface area contributed by atoms with Gasteiger partial charge in [-0.15, -0.1) is 0 Å². The summed E-state index contributed by atoms with van der Waals surface area (Å²) in [6.07, 6.45) is 3.25. The van der Waals surface area contributed by atoms with Crippen molar-refractivity contribution in [2.24, 2.45) is 5.92 Å². The zero-order valence-electron chi connectivity index (χ0n) is 18.6. The van der Waals surface area contributed by atoms with Gasteiger partial charge in [-0.3, -0.25) is 9.59 Å². The third-order valence-corrected chi connectivity index (χ3v) is 6.43. The van der Waals surface area contributed by atoms with Crippen LogP contribution in [0.15, 0.2) is 66.7 Å². The van der Waals surface area contributed by atoms with E-state index < -0.39 is 0 Å². The Morgan fingerprint density at radius 3 is 2.76 bits per heavy atom. The minimum atomic E-state index is -0.163. The first kappa shape index (κ1) is 21.2. The number of nitrogens with zero attached hydrogens (tertiary/aromatic N) is 2. The third-order valence-electron chi connectivity index (χ3n) is 6.43. The van der Waals surface area contributed by atoms with Crippen LogP contribution in [0.2, 0.25) is 0 Å². The van der Waals surface area contributed by atoms with Gasteiger partial charge in [-0.2, -0.15) is 0 Å². The predicted octanol–water partition coefficient (Wildman–Crippen LogP) is 4.32. The van der Waals surface area contributed by atoms with Crippen molar-refractivity contribution in [1.82, 2.24) is 20.2 Å². The van der Waals surface area contributed by atoms with Crippen LogP contribution in [0.3, 0.4) is 0 Å². The molecule has 0 saturated carbocycles. The fraction of sp³-hybridized carbons (Fsp3) is 0.296. The largest absolute Gasteiger partial charge is 0.356 e. The summed E-state index contributed by atoms with van der Waals surface area (Å²) in [6.45, 7) is 1.76. The second kappa shape index (κ2) is 9.45. The number of nitrogens with one attached hydrogen (secondary N) is 2. The maximum absolute atomic E-state index is 13.3. The lowest BCUT2D eigenvalue weighted by molar-refractivity contribution is -0.126. The van der Waals surface area contributed by atoms with Gasteiger partial charge in [0.1, 0.15) is 5.82 Å². The number of aryl methyl sites for hydroxylation is 1. The quantitative estimate of drug-likeness (QED) is 0.439. The summed E-state index contributed by atoms with van der Waals surface area (Å²) in [6, 6.07) is 21.7. The summed E-state index contributed by atoms with van der Waals surface area (Å²) < 4.78 is 0. The van der Waals surface area contributed by atoms with E-state index in [1.807, 2.05) is 71.6 Å². The molecule has 2 amide bonds. The Bertz CT molecular complexity index is 1260. The Hall–Kier alpha value is -3.67. The van der Waals surface area contributed by atoms with Crippen molar-refractivity contribution in [3.8, 4) is 0 Å². The van der Waals surface area contributed by atoms with Crippen molar-refractivity contribution in [3.05, 3.63) is 78.1 Å². The number of carbonyl (C=O) groups is 2. The van der Waals surface area contributed by atoms with Gasteiger partial charge in [-0.05, 0) is 48.2 Å². The molecule has 3 aromatic carbocycles. The monoisotopic (exact) mass is 440 g/mol. The number of piperidine rings is 1. The Kier molecular flexibility index (Phi) is 6.07. The number of hydrogen-bond donors (Lipinski definition) is 2. The summed E-state index contributed by atoms with van der Waals surface area (Å²) in [7, 11) is 0. The normalized spacial score (nSPS) is 16.2. The lowest BCUT2D eigenvalue weighted by Gasteiger charge is -2.32. The molecule has 1 fully saturated rings. The van der Waals surface area contributed by atoms with Crippen molar-refractivity contribution in [2.45, 2.75) is 25.7 Å². The molecule has 0 bridgehead atoms. The van der Waals surface area contributed by atoms with E-state index in [1.165, 1.54) is 0 Å². The number of rotatable bonds is 6. The highest BCUT2D eigenvalue weighted by molar-refractivity contribution is 6.07. The molecule has 6 nitrogen and oxygen atoms in total. The highest BCUT2D eigenvalue weighted by Crippen LogP contribution is 2.23. The van der Waals surface area contributed by atoms with Crippen molar-refractivity contribution in [1.29, 1.82) is 0 Å². The Morgan fingerprint density at radius 1 is 1.03 bits per heavy atom. The first-order valence-electron chi connectivity index (χ1n) is 11.7. The topological polar surface area (TPSA) is 78.1 Å². The van der Waals surface area contributed by atoms with Gasteiger partial charge in [0.15, 0.2) is 0 Å². The van der Waals surface area contributed by atoms with Crippen molar-refractivity contribution in [3.63, 3.8) is 0 Å². The molecule has 168 valence electrons. The molecule has 2 N–H and O–H groups in total. The van der Waals surface area contributed by atoms with Crippen LogP contribution in [0.1, 0.15) is 35.4 Å². The minimum Gasteiger partial charge on any atom is -0.356 e. The van der Waals surface area contributed by atoms with Crippen LogP contribution in [-0.4, -0.2) is 46.3 Å². The molecule has 0 radical (unpaired) electrons. The maximum Gasteiger partial charge on any atom is 0.254 e. The number of aromatic nitrogens is 2. The smallest absolute Gasteiger partial charge is 0.254 e. The molecule has 33 heavy (non-hydrogen) atoms.